The van der Waals surface area contributed by atoms with Crippen molar-refractivity contribution < 1.29 is 21.9 Å². The van der Waals surface area contributed by atoms with Crippen molar-refractivity contribution in [1.82, 2.24) is 4.98 Å². The first-order valence-electron chi connectivity index (χ1n) is 6.70. The third-order valence-corrected chi connectivity index (χ3v) is 4.56. The molecule has 19 heavy (non-hydrogen) atoms. The number of hydrogen-bond donors (Lipinski definition) is 1. The Morgan fingerprint density at radius 2 is 1.74 bits per heavy atom. The van der Waals surface area contributed by atoms with Gasteiger partial charge in [-0.2, -0.15) is 4.98 Å². The van der Waals surface area contributed by atoms with Crippen LogP contribution in [0.2, 0.25) is 0 Å². The number of piperidine rings is 1. The van der Waals surface area contributed by atoms with Gasteiger partial charge in [0.25, 0.3) is 5.13 Å². The number of hydrogen-bond acceptors (Lipinski definition) is 2. The number of rotatable bonds is 2. The summed E-state index contributed by atoms with van der Waals surface area (Å²) in [5.41, 5.74) is 3.67. The minimum absolute atomic E-state index is 0. The standard InChI is InChI=1S/C15H18N2S.BrH/c1-12-5-7-13(8-6-12)14-11-18-15(16-14)17-9-3-2-4-10-17;/h5-8,11H,2-4,9-10H2,1H3;1H. The number of nitrogens with zero attached hydrogens (tertiary/aromatic N) is 1. The van der Waals surface area contributed by atoms with E-state index in [0.717, 1.165) is 5.69 Å². The average Bonchev–Trinajstić information content (AvgIpc) is 2.90. The molecule has 1 aliphatic heterocycles. The summed E-state index contributed by atoms with van der Waals surface area (Å²) in [6.45, 7) is 4.62. The van der Waals surface area contributed by atoms with E-state index in [1.165, 1.54) is 48.6 Å². The van der Waals surface area contributed by atoms with Crippen LogP contribution in [-0.4, -0.2) is 18.1 Å². The van der Waals surface area contributed by atoms with Gasteiger partial charge in [-0.25, -0.2) is 0 Å². The van der Waals surface area contributed by atoms with Crippen molar-refractivity contribution in [3.8, 4) is 11.3 Å². The zero-order valence-electron chi connectivity index (χ0n) is 11.2. The highest BCUT2D eigenvalue weighted by Crippen LogP contribution is 2.23. The normalized spacial score (nSPS) is 16.1. The molecule has 0 unspecified atom stereocenters. The van der Waals surface area contributed by atoms with E-state index < -0.39 is 0 Å². The van der Waals surface area contributed by atoms with Gasteiger partial charge in [0.1, 0.15) is 0 Å². The predicted molar refractivity (Wildman–Crippen MR) is 76.5 cm³/mol. The van der Waals surface area contributed by atoms with E-state index in [9.17, 15) is 0 Å². The Morgan fingerprint density at radius 3 is 2.42 bits per heavy atom. The van der Waals surface area contributed by atoms with Gasteiger partial charge in [0.05, 0.1) is 18.8 Å². The molecule has 0 radical (unpaired) electrons. The Balaban J connectivity index is 0.00000133. The maximum Gasteiger partial charge on any atom is 0.284 e. The Morgan fingerprint density at radius 1 is 1.05 bits per heavy atom. The Bertz CT molecular complexity index is 515. The zero-order valence-corrected chi connectivity index (χ0v) is 13.6. The lowest BCUT2D eigenvalue weighted by molar-refractivity contribution is -0.837. The van der Waals surface area contributed by atoms with E-state index in [0.29, 0.717) is 0 Å². The Labute approximate surface area is 129 Å². The first kappa shape index (κ1) is 14.7. The van der Waals surface area contributed by atoms with E-state index >= 15 is 0 Å². The van der Waals surface area contributed by atoms with Crippen LogP contribution in [0, 0.1) is 6.92 Å². The monoisotopic (exact) mass is 338 g/mol. The van der Waals surface area contributed by atoms with Gasteiger partial charge < -0.3 is 17.0 Å². The summed E-state index contributed by atoms with van der Waals surface area (Å²) in [5.74, 6) is 0. The van der Waals surface area contributed by atoms with Gasteiger partial charge in [-0.1, -0.05) is 41.2 Å². The molecule has 0 saturated carbocycles. The van der Waals surface area contributed by atoms with Crippen LogP contribution in [0.4, 0.5) is 5.13 Å². The summed E-state index contributed by atoms with van der Waals surface area (Å²) < 4.78 is 0. The van der Waals surface area contributed by atoms with Crippen LogP contribution in [0.5, 0.6) is 0 Å². The van der Waals surface area contributed by atoms with Crippen molar-refractivity contribution in [3.05, 3.63) is 35.2 Å². The minimum atomic E-state index is 0. The fourth-order valence-corrected chi connectivity index (χ4v) is 3.42. The van der Waals surface area contributed by atoms with Gasteiger partial charge in [0.2, 0.25) is 0 Å². The summed E-state index contributed by atoms with van der Waals surface area (Å²) in [7, 11) is 0. The van der Waals surface area contributed by atoms with E-state index in [4.69, 9.17) is 4.98 Å². The molecule has 1 aliphatic rings. The van der Waals surface area contributed by atoms with Gasteiger partial charge in [-0.15, -0.1) is 0 Å². The number of halogens is 1. The van der Waals surface area contributed by atoms with E-state index in [1.54, 1.807) is 16.2 Å². The van der Waals surface area contributed by atoms with Gasteiger partial charge in [0, 0.05) is 10.9 Å². The lowest BCUT2D eigenvalue weighted by Crippen LogP contribution is -3.08. The van der Waals surface area contributed by atoms with Gasteiger partial charge in [-0.05, 0) is 26.2 Å². The maximum atomic E-state index is 4.82. The van der Waals surface area contributed by atoms with Gasteiger partial charge >= 0.3 is 0 Å². The van der Waals surface area contributed by atoms with Crippen molar-refractivity contribution in [2.24, 2.45) is 0 Å². The highest BCUT2D eigenvalue weighted by Gasteiger charge is 2.19. The summed E-state index contributed by atoms with van der Waals surface area (Å²) in [6, 6.07) is 8.64. The summed E-state index contributed by atoms with van der Waals surface area (Å²) >= 11 is 1.81. The first-order valence-corrected chi connectivity index (χ1v) is 7.58. The topological polar surface area (TPSA) is 17.3 Å². The first-order chi connectivity index (χ1) is 8.83. The van der Waals surface area contributed by atoms with Crippen LogP contribution in [0.25, 0.3) is 11.3 Å². The smallest absolute Gasteiger partial charge is 0.284 e. The molecule has 1 fully saturated rings. The molecule has 0 amide bonds. The molecule has 1 aromatic carbocycles. The van der Waals surface area contributed by atoms with E-state index in [-0.39, 0.29) is 17.0 Å². The molecule has 2 heterocycles. The average molecular weight is 339 g/mol. The second kappa shape index (κ2) is 6.64. The largest absolute Gasteiger partial charge is 1.00 e. The molecule has 4 heteroatoms. The highest BCUT2D eigenvalue weighted by atomic mass is 79.9. The van der Waals surface area contributed by atoms with Crippen molar-refractivity contribution in [3.63, 3.8) is 0 Å². The van der Waals surface area contributed by atoms with Crippen LogP contribution in [-0.2, 0) is 0 Å². The number of aryl methyl sites for hydroxylation is 1. The van der Waals surface area contributed by atoms with Crippen molar-refractivity contribution in [2.75, 3.05) is 13.1 Å². The minimum Gasteiger partial charge on any atom is -1.00 e. The second-order valence-electron chi connectivity index (χ2n) is 5.07. The molecule has 1 N–H and O–H groups in total. The zero-order chi connectivity index (χ0) is 12.4. The SMILES string of the molecule is Cc1ccc(-c2csc([NH+]3CCCCC3)n2)cc1.[Br-]. The predicted octanol–water partition coefficient (Wildman–Crippen LogP) is -0.177. The van der Waals surface area contributed by atoms with Crippen LogP contribution in [0.1, 0.15) is 24.8 Å². The number of thiazole rings is 1. The molecule has 0 spiro atoms. The highest BCUT2D eigenvalue weighted by molar-refractivity contribution is 7.13. The van der Waals surface area contributed by atoms with Crippen LogP contribution in [0.3, 0.4) is 0 Å². The van der Waals surface area contributed by atoms with Crippen LogP contribution in [0.15, 0.2) is 29.6 Å². The molecule has 102 valence electrons. The molecular weight excluding hydrogens is 320 g/mol. The molecule has 0 atom stereocenters. The van der Waals surface area contributed by atoms with Crippen molar-refractivity contribution >= 4 is 16.5 Å². The summed E-state index contributed by atoms with van der Waals surface area (Å²) in [5, 5.41) is 3.46. The Hall–Kier alpha value is -0.710. The third kappa shape index (κ3) is 3.44. The van der Waals surface area contributed by atoms with Crippen LogP contribution >= 0.6 is 11.3 Å². The van der Waals surface area contributed by atoms with Crippen LogP contribution < -0.4 is 21.9 Å². The van der Waals surface area contributed by atoms with Gasteiger partial charge in [0.15, 0.2) is 0 Å². The Kier molecular flexibility index (Phi) is 5.13. The molecule has 1 saturated heterocycles. The molecule has 2 nitrogen and oxygen atoms in total. The molecule has 1 aromatic heterocycles. The molecule has 0 bridgehead atoms. The lowest BCUT2D eigenvalue weighted by Gasteiger charge is -2.19. The summed E-state index contributed by atoms with van der Waals surface area (Å²) in [6.07, 6.45) is 4.07. The summed E-state index contributed by atoms with van der Waals surface area (Å²) in [4.78, 5) is 6.39. The molecular formula is C15H19BrN2S. The molecule has 2 aromatic rings. The van der Waals surface area contributed by atoms with Crippen molar-refractivity contribution in [1.29, 1.82) is 0 Å². The molecule has 0 aliphatic carbocycles. The quantitative estimate of drug-likeness (QED) is 0.804. The second-order valence-corrected chi connectivity index (χ2v) is 5.93. The number of quaternary nitrogens is 1. The van der Waals surface area contributed by atoms with Gasteiger partial charge in [-0.3, -0.25) is 4.90 Å². The fraction of sp³-hybridized carbons (Fsp3) is 0.400. The fourth-order valence-electron chi connectivity index (χ4n) is 2.49. The third-order valence-electron chi connectivity index (χ3n) is 3.61. The lowest BCUT2D eigenvalue weighted by atomic mass is 10.1. The van der Waals surface area contributed by atoms with E-state index in [1.807, 2.05) is 0 Å². The molecule has 3 rings (SSSR count). The van der Waals surface area contributed by atoms with E-state index in [2.05, 4.69) is 36.6 Å². The van der Waals surface area contributed by atoms with Crippen molar-refractivity contribution in [2.45, 2.75) is 26.2 Å². The number of benzene rings is 1. The number of nitrogens with one attached hydrogen (secondary N) is 1. The maximum absolute atomic E-state index is 4.82. The number of aromatic nitrogens is 1.